The predicted molar refractivity (Wildman–Crippen MR) is 222 cm³/mol. The number of hydrogen-bond donors (Lipinski definition) is 0. The van der Waals surface area contributed by atoms with E-state index in [1.54, 1.807) is 0 Å². The zero-order valence-electron chi connectivity index (χ0n) is 29.3. The van der Waals surface area contributed by atoms with E-state index >= 15 is 0 Å². The van der Waals surface area contributed by atoms with Crippen LogP contribution in [0.3, 0.4) is 0 Å². The Balaban J connectivity index is 1.14. The largest absolute Gasteiger partial charge is 0.310 e. The molecule has 9 aromatic carbocycles. The van der Waals surface area contributed by atoms with Gasteiger partial charge >= 0.3 is 0 Å². The Morgan fingerprint density at radius 3 is 1.56 bits per heavy atom. The molecule has 0 atom stereocenters. The van der Waals surface area contributed by atoms with Crippen LogP contribution in [0.2, 0.25) is 0 Å². The minimum Gasteiger partial charge on any atom is -0.310 e. The highest BCUT2D eigenvalue weighted by Gasteiger charge is 2.35. The van der Waals surface area contributed by atoms with E-state index < -0.39 is 0 Å². The molecule has 0 aliphatic heterocycles. The van der Waals surface area contributed by atoms with Crippen molar-refractivity contribution in [3.05, 3.63) is 199 Å². The lowest BCUT2D eigenvalue weighted by Crippen LogP contribution is -2.16. The Hall–Kier alpha value is -6.44. The van der Waals surface area contributed by atoms with Gasteiger partial charge in [-0.2, -0.15) is 0 Å². The maximum Gasteiger partial charge on any atom is 0.0465 e. The fourth-order valence-electron chi connectivity index (χ4n) is 8.81. The molecule has 0 unspecified atom stereocenters. The highest BCUT2D eigenvalue weighted by Crippen LogP contribution is 2.51. The Kier molecular flexibility index (Phi) is 6.91. The number of rotatable bonds is 5. The lowest BCUT2D eigenvalue weighted by molar-refractivity contribution is 0.660. The predicted octanol–water partition coefficient (Wildman–Crippen LogP) is 14.3. The topological polar surface area (TPSA) is 3.24 Å². The molecule has 0 radical (unpaired) electrons. The minimum atomic E-state index is -0.0749. The molecular weight excluding hydrogens is 627 g/mol. The highest BCUT2D eigenvalue weighted by molar-refractivity contribution is 6.23. The molecule has 1 aliphatic rings. The first-order valence-corrected chi connectivity index (χ1v) is 18.2. The van der Waals surface area contributed by atoms with Crippen LogP contribution < -0.4 is 4.90 Å². The van der Waals surface area contributed by atoms with Gasteiger partial charge in [-0.1, -0.05) is 166 Å². The van der Waals surface area contributed by atoms with Gasteiger partial charge in [0.25, 0.3) is 0 Å². The molecule has 1 nitrogen and oxygen atoms in total. The third kappa shape index (κ3) is 4.63. The number of anilines is 3. The summed E-state index contributed by atoms with van der Waals surface area (Å²) in [6.45, 7) is 4.70. The summed E-state index contributed by atoms with van der Waals surface area (Å²) < 4.78 is 0. The monoisotopic (exact) mass is 663 g/mol. The van der Waals surface area contributed by atoms with Crippen molar-refractivity contribution in [1.29, 1.82) is 0 Å². The summed E-state index contributed by atoms with van der Waals surface area (Å²) in [5.41, 5.74) is 13.8. The highest BCUT2D eigenvalue weighted by atomic mass is 15.1. The first-order chi connectivity index (χ1) is 25.6. The van der Waals surface area contributed by atoms with Crippen LogP contribution in [0.5, 0.6) is 0 Å². The van der Waals surface area contributed by atoms with Gasteiger partial charge in [0.05, 0.1) is 0 Å². The maximum atomic E-state index is 2.41. The van der Waals surface area contributed by atoms with Crippen LogP contribution in [-0.4, -0.2) is 0 Å². The van der Waals surface area contributed by atoms with Crippen molar-refractivity contribution < 1.29 is 0 Å². The maximum absolute atomic E-state index is 2.41. The molecule has 0 amide bonds. The third-order valence-corrected chi connectivity index (χ3v) is 11.2. The van der Waals surface area contributed by atoms with Crippen LogP contribution >= 0.6 is 0 Å². The van der Waals surface area contributed by atoms with Crippen molar-refractivity contribution in [2.75, 3.05) is 4.90 Å². The van der Waals surface area contributed by atoms with Crippen LogP contribution in [0.15, 0.2) is 188 Å². The smallest absolute Gasteiger partial charge is 0.0465 e. The van der Waals surface area contributed by atoms with Gasteiger partial charge in [-0.15, -0.1) is 0 Å². The van der Waals surface area contributed by atoms with Crippen molar-refractivity contribution in [1.82, 2.24) is 0 Å². The van der Waals surface area contributed by atoms with Crippen molar-refractivity contribution in [3.63, 3.8) is 0 Å². The molecule has 0 fully saturated rings. The Labute approximate surface area is 305 Å². The molecule has 1 heteroatoms. The molecule has 0 bridgehead atoms. The van der Waals surface area contributed by atoms with Gasteiger partial charge < -0.3 is 4.90 Å². The molecule has 0 spiro atoms. The molecule has 52 heavy (non-hydrogen) atoms. The molecule has 0 saturated heterocycles. The van der Waals surface area contributed by atoms with E-state index in [2.05, 4.69) is 207 Å². The summed E-state index contributed by atoms with van der Waals surface area (Å²) in [7, 11) is 0. The second-order valence-electron chi connectivity index (χ2n) is 14.5. The number of hydrogen-bond acceptors (Lipinski definition) is 1. The number of para-hydroxylation sites is 1. The number of nitrogens with zero attached hydrogens (tertiary/aromatic N) is 1. The fraction of sp³-hybridized carbons (Fsp3) is 0.0588. The Morgan fingerprint density at radius 2 is 0.846 bits per heavy atom. The van der Waals surface area contributed by atoms with Crippen molar-refractivity contribution in [3.8, 4) is 33.4 Å². The van der Waals surface area contributed by atoms with Crippen molar-refractivity contribution in [2.24, 2.45) is 0 Å². The normalized spacial score (nSPS) is 13.0. The molecule has 0 N–H and O–H groups in total. The van der Waals surface area contributed by atoms with E-state index in [1.165, 1.54) is 76.8 Å². The van der Waals surface area contributed by atoms with E-state index in [9.17, 15) is 0 Å². The minimum absolute atomic E-state index is 0.0749. The van der Waals surface area contributed by atoms with Gasteiger partial charge in [-0.05, 0) is 113 Å². The molecular formula is C51H37N. The zero-order chi connectivity index (χ0) is 34.8. The van der Waals surface area contributed by atoms with E-state index in [1.807, 2.05) is 0 Å². The van der Waals surface area contributed by atoms with E-state index in [0.717, 1.165) is 17.1 Å². The van der Waals surface area contributed by atoms with Crippen molar-refractivity contribution in [2.45, 2.75) is 19.3 Å². The van der Waals surface area contributed by atoms with Crippen LogP contribution in [-0.2, 0) is 5.41 Å². The summed E-state index contributed by atoms with van der Waals surface area (Å²) in [5.74, 6) is 0. The molecule has 9 aromatic rings. The second-order valence-corrected chi connectivity index (χ2v) is 14.5. The summed E-state index contributed by atoms with van der Waals surface area (Å²) in [4.78, 5) is 2.39. The van der Waals surface area contributed by atoms with Gasteiger partial charge in [0.1, 0.15) is 0 Å². The zero-order valence-corrected chi connectivity index (χ0v) is 29.3. The molecule has 0 aromatic heterocycles. The summed E-state index contributed by atoms with van der Waals surface area (Å²) >= 11 is 0. The molecule has 1 aliphatic carbocycles. The van der Waals surface area contributed by atoms with Crippen LogP contribution in [0, 0.1) is 0 Å². The SMILES string of the molecule is CC1(C)c2ccccc2-c2ccc(N(c3ccccc3)c3ccc(-c4c5ccccc5c(-c5cccc6ccccc56)c5ccccc45)cc3)cc21. The van der Waals surface area contributed by atoms with Crippen LogP contribution in [0.25, 0.3) is 65.7 Å². The Morgan fingerprint density at radius 1 is 0.346 bits per heavy atom. The van der Waals surface area contributed by atoms with E-state index in [-0.39, 0.29) is 5.41 Å². The first kappa shape index (κ1) is 30.4. The second kappa shape index (κ2) is 11.8. The summed E-state index contributed by atoms with van der Waals surface area (Å²) in [6, 6.07) is 69.1. The summed E-state index contributed by atoms with van der Waals surface area (Å²) in [6.07, 6.45) is 0. The molecule has 10 rings (SSSR count). The first-order valence-electron chi connectivity index (χ1n) is 18.2. The average Bonchev–Trinajstić information content (AvgIpc) is 3.43. The van der Waals surface area contributed by atoms with Gasteiger partial charge in [0.2, 0.25) is 0 Å². The summed E-state index contributed by atoms with van der Waals surface area (Å²) in [5, 5.41) is 7.59. The van der Waals surface area contributed by atoms with E-state index in [0.29, 0.717) is 0 Å². The standard InChI is InChI=1S/C51H37N/c1-51(2)47-26-13-12-20-40(47)41-32-31-38(33-48(41)51)52(36-17-4-3-5-18-36)37-29-27-35(28-30-37)49-43-21-8-10-23-45(43)50(46-24-11-9-22-44(46)49)42-25-14-16-34-15-6-7-19-39(34)42/h3-33H,1-2H3. The lowest BCUT2D eigenvalue weighted by atomic mass is 9.82. The van der Waals surface area contributed by atoms with E-state index in [4.69, 9.17) is 0 Å². The van der Waals surface area contributed by atoms with Crippen LogP contribution in [0.1, 0.15) is 25.0 Å². The lowest BCUT2D eigenvalue weighted by Gasteiger charge is -2.28. The van der Waals surface area contributed by atoms with Gasteiger partial charge in [-0.25, -0.2) is 0 Å². The number of benzene rings is 9. The molecule has 246 valence electrons. The van der Waals surface area contributed by atoms with Crippen molar-refractivity contribution >= 4 is 49.4 Å². The van der Waals surface area contributed by atoms with Crippen LogP contribution in [0.4, 0.5) is 17.1 Å². The fourth-order valence-corrected chi connectivity index (χ4v) is 8.81. The molecule has 0 heterocycles. The van der Waals surface area contributed by atoms with Gasteiger partial charge in [0, 0.05) is 22.5 Å². The third-order valence-electron chi connectivity index (χ3n) is 11.2. The molecule has 0 saturated carbocycles. The Bertz CT molecular complexity index is 2750. The quantitative estimate of drug-likeness (QED) is 0.166. The van der Waals surface area contributed by atoms with Gasteiger partial charge in [0.15, 0.2) is 0 Å². The number of fused-ring (bicyclic) bond motifs is 6. The van der Waals surface area contributed by atoms with Gasteiger partial charge in [-0.3, -0.25) is 0 Å². The average molecular weight is 664 g/mol.